The fraction of sp³-hybridized carbons (Fsp3) is 0.214. The van der Waals surface area contributed by atoms with Crippen molar-refractivity contribution in [1.82, 2.24) is 5.32 Å². The second-order valence-electron chi connectivity index (χ2n) is 4.67. The highest BCUT2D eigenvalue weighted by Crippen LogP contribution is 2.24. The molecule has 1 aromatic carbocycles. The highest BCUT2D eigenvalue weighted by Gasteiger charge is 2.23. The zero-order valence-electron chi connectivity index (χ0n) is 11.4. The number of hydrogen-bond acceptors (Lipinski definition) is 5. The maximum atomic E-state index is 12.2. The Morgan fingerprint density at radius 3 is 2.86 bits per heavy atom. The van der Waals surface area contributed by atoms with Crippen LogP contribution in [0.5, 0.6) is 0 Å². The Hall–Kier alpha value is -2.41. The van der Waals surface area contributed by atoms with E-state index in [0.29, 0.717) is 6.54 Å². The lowest BCUT2D eigenvalue weighted by molar-refractivity contribution is -0.385. The van der Waals surface area contributed by atoms with Crippen molar-refractivity contribution in [1.29, 1.82) is 0 Å². The van der Waals surface area contributed by atoms with Crippen molar-refractivity contribution >= 4 is 28.6 Å². The summed E-state index contributed by atoms with van der Waals surface area (Å²) in [5.41, 5.74) is 6.56. The van der Waals surface area contributed by atoms with Gasteiger partial charge in [0.05, 0.1) is 10.6 Å². The van der Waals surface area contributed by atoms with Gasteiger partial charge in [-0.2, -0.15) is 11.3 Å². The van der Waals surface area contributed by atoms with Gasteiger partial charge in [0.2, 0.25) is 0 Å². The molecule has 1 amide bonds. The molecule has 1 unspecified atom stereocenters. The van der Waals surface area contributed by atoms with Gasteiger partial charge in [0.25, 0.3) is 11.6 Å². The van der Waals surface area contributed by atoms with E-state index in [0.717, 1.165) is 5.56 Å². The average Bonchev–Trinajstić information content (AvgIpc) is 2.98. The van der Waals surface area contributed by atoms with Crippen molar-refractivity contribution in [2.24, 2.45) is 0 Å². The zero-order chi connectivity index (χ0) is 15.4. The molecule has 7 heteroatoms. The van der Waals surface area contributed by atoms with Gasteiger partial charge < -0.3 is 11.1 Å². The Kier molecular flexibility index (Phi) is 4.54. The van der Waals surface area contributed by atoms with Gasteiger partial charge in [-0.1, -0.05) is 13.0 Å². The number of anilines is 1. The van der Waals surface area contributed by atoms with E-state index in [2.05, 4.69) is 5.32 Å². The fourth-order valence-corrected chi connectivity index (χ4v) is 2.75. The third-order valence-electron chi connectivity index (χ3n) is 3.18. The third kappa shape index (κ3) is 3.38. The summed E-state index contributed by atoms with van der Waals surface area (Å²) >= 11 is 1.59. The number of nitrogens with two attached hydrogens (primary N) is 1. The standard InChI is InChI=1S/C14H15N3O3S/c1-9(10-5-6-21-8-10)7-16-14(18)13-11(15)3-2-4-12(13)17(19)20/h2-6,8-9H,7,15H2,1H3,(H,16,18). The number of nitrogens with zero attached hydrogens (tertiary/aromatic N) is 1. The maximum Gasteiger partial charge on any atom is 0.284 e. The minimum absolute atomic E-state index is 0.0833. The van der Waals surface area contributed by atoms with Gasteiger partial charge in [-0.25, -0.2) is 0 Å². The van der Waals surface area contributed by atoms with Crippen LogP contribution in [-0.2, 0) is 0 Å². The second-order valence-corrected chi connectivity index (χ2v) is 5.45. The molecule has 0 bridgehead atoms. The molecule has 1 atom stereocenters. The minimum Gasteiger partial charge on any atom is -0.398 e. The summed E-state index contributed by atoms with van der Waals surface area (Å²) in [5, 5.41) is 17.7. The molecule has 0 saturated heterocycles. The van der Waals surface area contributed by atoms with Gasteiger partial charge in [-0.05, 0) is 34.4 Å². The summed E-state index contributed by atoms with van der Waals surface area (Å²) in [6, 6.07) is 6.19. The second kappa shape index (κ2) is 6.36. The van der Waals surface area contributed by atoms with Gasteiger partial charge in [-0.15, -0.1) is 0 Å². The molecule has 2 rings (SSSR count). The number of hydrogen-bond donors (Lipinski definition) is 2. The van der Waals surface area contributed by atoms with Gasteiger partial charge in [0, 0.05) is 12.6 Å². The summed E-state index contributed by atoms with van der Waals surface area (Å²) in [5.74, 6) is -0.397. The first-order valence-electron chi connectivity index (χ1n) is 6.34. The summed E-state index contributed by atoms with van der Waals surface area (Å²) in [4.78, 5) is 22.5. The summed E-state index contributed by atoms with van der Waals surface area (Å²) < 4.78 is 0. The number of thiophene rings is 1. The van der Waals surface area contributed by atoms with Crippen LogP contribution in [-0.4, -0.2) is 17.4 Å². The van der Waals surface area contributed by atoms with Crippen LogP contribution < -0.4 is 11.1 Å². The Balaban J connectivity index is 2.12. The number of rotatable bonds is 5. The first-order valence-corrected chi connectivity index (χ1v) is 7.28. The van der Waals surface area contributed by atoms with E-state index in [4.69, 9.17) is 5.73 Å². The highest BCUT2D eigenvalue weighted by atomic mass is 32.1. The first kappa shape index (κ1) is 15.0. The normalized spacial score (nSPS) is 11.9. The van der Waals surface area contributed by atoms with Crippen molar-refractivity contribution in [2.75, 3.05) is 12.3 Å². The minimum atomic E-state index is -0.604. The molecule has 0 aliphatic heterocycles. The van der Waals surface area contributed by atoms with E-state index in [1.54, 1.807) is 11.3 Å². The largest absolute Gasteiger partial charge is 0.398 e. The van der Waals surface area contributed by atoms with Crippen LogP contribution in [0, 0.1) is 10.1 Å². The van der Waals surface area contributed by atoms with Crippen LogP contribution in [0.2, 0.25) is 0 Å². The molecule has 0 radical (unpaired) electrons. The van der Waals surface area contributed by atoms with Gasteiger partial charge in [0.1, 0.15) is 5.56 Å². The van der Waals surface area contributed by atoms with Gasteiger partial charge >= 0.3 is 0 Å². The first-order chi connectivity index (χ1) is 10.0. The Labute approximate surface area is 125 Å². The molecule has 6 nitrogen and oxygen atoms in total. The van der Waals surface area contributed by atoms with E-state index < -0.39 is 10.8 Å². The number of nitro benzene ring substituents is 1. The lowest BCUT2D eigenvalue weighted by Crippen LogP contribution is -2.28. The van der Waals surface area contributed by atoms with E-state index in [-0.39, 0.29) is 22.9 Å². The number of nitro groups is 1. The molecule has 110 valence electrons. The lowest BCUT2D eigenvalue weighted by Gasteiger charge is -2.12. The van der Waals surface area contributed by atoms with Crippen LogP contribution >= 0.6 is 11.3 Å². The number of carbonyl (C=O) groups is 1. The molecule has 0 saturated carbocycles. The van der Waals surface area contributed by atoms with Crippen LogP contribution in [0.3, 0.4) is 0 Å². The molecular weight excluding hydrogens is 290 g/mol. The van der Waals surface area contributed by atoms with Crippen LogP contribution in [0.15, 0.2) is 35.0 Å². The molecule has 2 aromatic rings. The molecule has 0 aliphatic rings. The van der Waals surface area contributed by atoms with Crippen LogP contribution in [0.4, 0.5) is 11.4 Å². The topological polar surface area (TPSA) is 98.3 Å². The third-order valence-corrected chi connectivity index (χ3v) is 3.88. The predicted molar refractivity (Wildman–Crippen MR) is 82.6 cm³/mol. The molecule has 3 N–H and O–H groups in total. The van der Waals surface area contributed by atoms with Crippen LogP contribution in [0.25, 0.3) is 0 Å². The SMILES string of the molecule is CC(CNC(=O)c1c(N)cccc1[N+](=O)[O-])c1ccsc1. The van der Waals surface area contributed by atoms with Crippen molar-refractivity contribution in [3.05, 3.63) is 56.3 Å². The van der Waals surface area contributed by atoms with Crippen molar-refractivity contribution in [3.8, 4) is 0 Å². The highest BCUT2D eigenvalue weighted by molar-refractivity contribution is 7.07. The molecule has 0 fully saturated rings. The average molecular weight is 305 g/mol. The van der Waals surface area contributed by atoms with Crippen LogP contribution in [0.1, 0.15) is 28.8 Å². The monoisotopic (exact) mass is 305 g/mol. The Morgan fingerprint density at radius 1 is 1.48 bits per heavy atom. The Bertz CT molecular complexity index is 655. The molecule has 0 aliphatic carbocycles. The lowest BCUT2D eigenvalue weighted by atomic mass is 10.0. The number of nitrogens with one attached hydrogen (secondary N) is 1. The smallest absolute Gasteiger partial charge is 0.284 e. The molecule has 1 aromatic heterocycles. The Morgan fingerprint density at radius 2 is 2.24 bits per heavy atom. The summed E-state index contributed by atoms with van der Waals surface area (Å²) in [6.45, 7) is 2.37. The van der Waals surface area contributed by atoms with Gasteiger partial charge in [-0.3, -0.25) is 14.9 Å². The zero-order valence-corrected chi connectivity index (χ0v) is 12.2. The quantitative estimate of drug-likeness (QED) is 0.504. The number of amides is 1. The number of carbonyl (C=O) groups excluding carboxylic acids is 1. The van der Waals surface area contributed by atoms with E-state index in [1.165, 1.54) is 18.2 Å². The molecule has 21 heavy (non-hydrogen) atoms. The number of nitrogen functional groups attached to an aromatic ring is 1. The van der Waals surface area contributed by atoms with Gasteiger partial charge in [0.15, 0.2) is 0 Å². The van der Waals surface area contributed by atoms with Crippen molar-refractivity contribution in [2.45, 2.75) is 12.8 Å². The van der Waals surface area contributed by atoms with E-state index >= 15 is 0 Å². The summed E-state index contributed by atoms with van der Waals surface area (Å²) in [7, 11) is 0. The van der Waals surface area contributed by atoms with E-state index in [9.17, 15) is 14.9 Å². The molecule has 0 spiro atoms. The molecule has 1 heterocycles. The van der Waals surface area contributed by atoms with Crippen molar-refractivity contribution in [3.63, 3.8) is 0 Å². The predicted octanol–water partition coefficient (Wildman–Crippen LogP) is 2.77. The van der Waals surface area contributed by atoms with E-state index in [1.807, 2.05) is 23.8 Å². The number of benzene rings is 1. The maximum absolute atomic E-state index is 12.2. The molecular formula is C14H15N3O3S. The fourth-order valence-electron chi connectivity index (χ4n) is 1.96. The van der Waals surface area contributed by atoms with Crippen molar-refractivity contribution < 1.29 is 9.72 Å². The summed E-state index contributed by atoms with van der Waals surface area (Å²) in [6.07, 6.45) is 0.